The molecule has 1 atom stereocenters. The van der Waals surface area contributed by atoms with E-state index in [4.69, 9.17) is 0 Å². The Hall–Kier alpha value is -1.74. The zero-order valence-electron chi connectivity index (χ0n) is 11.1. The fourth-order valence-electron chi connectivity index (χ4n) is 2.16. The van der Waals surface area contributed by atoms with E-state index in [2.05, 4.69) is 5.32 Å². The zero-order chi connectivity index (χ0) is 13.8. The molecule has 0 aliphatic heterocycles. The summed E-state index contributed by atoms with van der Waals surface area (Å²) in [6.07, 6.45) is 0. The minimum atomic E-state index is -0.516. The molecule has 19 heavy (non-hydrogen) atoms. The van der Waals surface area contributed by atoms with Crippen LogP contribution < -0.4 is 5.32 Å². The smallest absolute Gasteiger partial charge is 0.131 e. The molecule has 1 N–H and O–H groups in total. The van der Waals surface area contributed by atoms with Gasteiger partial charge in [-0.2, -0.15) is 0 Å². The molecule has 2 aromatic carbocycles. The van der Waals surface area contributed by atoms with Crippen LogP contribution in [-0.4, -0.2) is 6.54 Å². The fraction of sp³-hybridized carbons (Fsp3) is 0.250. The lowest BCUT2D eigenvalue weighted by Crippen LogP contribution is -2.23. The molecule has 0 spiro atoms. The van der Waals surface area contributed by atoms with Gasteiger partial charge >= 0.3 is 0 Å². The van der Waals surface area contributed by atoms with E-state index < -0.39 is 11.6 Å². The van der Waals surface area contributed by atoms with Crippen LogP contribution in [0.4, 0.5) is 8.78 Å². The van der Waals surface area contributed by atoms with Crippen molar-refractivity contribution in [1.29, 1.82) is 0 Å². The highest BCUT2D eigenvalue weighted by Crippen LogP contribution is 2.26. The molecular formula is C16H17F2N. The summed E-state index contributed by atoms with van der Waals surface area (Å²) in [5, 5.41) is 3.24. The molecule has 0 saturated carbocycles. The molecule has 0 radical (unpaired) electrons. The van der Waals surface area contributed by atoms with Gasteiger partial charge in [0, 0.05) is 11.6 Å². The molecule has 0 amide bonds. The van der Waals surface area contributed by atoms with Crippen molar-refractivity contribution in [1.82, 2.24) is 5.32 Å². The zero-order valence-corrected chi connectivity index (χ0v) is 11.1. The van der Waals surface area contributed by atoms with Gasteiger partial charge in [-0.1, -0.05) is 37.3 Å². The van der Waals surface area contributed by atoms with E-state index in [1.54, 1.807) is 13.0 Å². The van der Waals surface area contributed by atoms with Gasteiger partial charge in [-0.3, -0.25) is 0 Å². The van der Waals surface area contributed by atoms with Crippen molar-refractivity contribution < 1.29 is 8.78 Å². The average molecular weight is 261 g/mol. The van der Waals surface area contributed by atoms with Crippen LogP contribution in [0.5, 0.6) is 0 Å². The van der Waals surface area contributed by atoms with Crippen molar-refractivity contribution in [2.24, 2.45) is 0 Å². The molecule has 3 heteroatoms. The van der Waals surface area contributed by atoms with Crippen LogP contribution in [0, 0.1) is 18.6 Å². The molecule has 0 heterocycles. The van der Waals surface area contributed by atoms with Crippen molar-refractivity contribution in [3.8, 4) is 0 Å². The van der Waals surface area contributed by atoms with Crippen LogP contribution in [0.1, 0.15) is 29.7 Å². The molecule has 1 unspecified atom stereocenters. The van der Waals surface area contributed by atoms with Crippen molar-refractivity contribution in [2.75, 3.05) is 6.54 Å². The summed E-state index contributed by atoms with van der Waals surface area (Å²) < 4.78 is 27.4. The Morgan fingerprint density at radius 2 is 1.74 bits per heavy atom. The molecule has 100 valence electrons. The van der Waals surface area contributed by atoms with E-state index in [-0.39, 0.29) is 6.04 Å². The molecule has 0 fully saturated rings. The lowest BCUT2D eigenvalue weighted by molar-refractivity contribution is 0.537. The van der Waals surface area contributed by atoms with Crippen LogP contribution >= 0.6 is 0 Å². The molecule has 2 aromatic rings. The quantitative estimate of drug-likeness (QED) is 0.878. The van der Waals surface area contributed by atoms with E-state index in [0.29, 0.717) is 17.7 Å². The molecule has 0 saturated heterocycles. The Morgan fingerprint density at radius 3 is 2.37 bits per heavy atom. The first-order chi connectivity index (χ1) is 9.13. The van der Waals surface area contributed by atoms with Gasteiger partial charge in [-0.15, -0.1) is 0 Å². The normalized spacial score (nSPS) is 12.4. The molecule has 0 aliphatic carbocycles. The second kappa shape index (κ2) is 5.93. The average Bonchev–Trinajstić information content (AvgIpc) is 2.42. The summed E-state index contributed by atoms with van der Waals surface area (Å²) in [6, 6.07) is 11.9. The summed E-state index contributed by atoms with van der Waals surface area (Å²) in [6.45, 7) is 4.31. The number of hydrogen-bond acceptors (Lipinski definition) is 1. The van der Waals surface area contributed by atoms with Gasteiger partial charge in [0.05, 0.1) is 6.04 Å². The third kappa shape index (κ3) is 2.99. The molecule has 2 rings (SSSR count). The largest absolute Gasteiger partial charge is 0.306 e. The van der Waals surface area contributed by atoms with Crippen molar-refractivity contribution in [2.45, 2.75) is 19.9 Å². The van der Waals surface area contributed by atoms with E-state index in [9.17, 15) is 8.78 Å². The first kappa shape index (κ1) is 13.7. The number of benzene rings is 2. The molecule has 0 aliphatic rings. The topological polar surface area (TPSA) is 12.0 Å². The van der Waals surface area contributed by atoms with Crippen LogP contribution in [0.3, 0.4) is 0 Å². The Bertz CT molecular complexity index is 552. The number of hydrogen-bond donors (Lipinski definition) is 1. The highest BCUT2D eigenvalue weighted by atomic mass is 19.1. The van der Waals surface area contributed by atoms with Gasteiger partial charge in [-0.05, 0) is 30.7 Å². The van der Waals surface area contributed by atoms with E-state index >= 15 is 0 Å². The maximum Gasteiger partial charge on any atom is 0.131 e. The molecule has 0 bridgehead atoms. The summed E-state index contributed by atoms with van der Waals surface area (Å²) in [5.74, 6) is -1.03. The molecular weight excluding hydrogens is 244 g/mol. The predicted molar refractivity (Wildman–Crippen MR) is 73.1 cm³/mol. The van der Waals surface area contributed by atoms with Gasteiger partial charge < -0.3 is 5.32 Å². The second-order valence-electron chi connectivity index (χ2n) is 4.52. The first-order valence-corrected chi connectivity index (χ1v) is 6.37. The summed E-state index contributed by atoms with van der Waals surface area (Å²) >= 11 is 0. The maximum atomic E-state index is 14.0. The maximum absolute atomic E-state index is 14.0. The van der Waals surface area contributed by atoms with Gasteiger partial charge in [0.25, 0.3) is 0 Å². The number of aryl methyl sites for hydroxylation is 1. The summed E-state index contributed by atoms with van der Waals surface area (Å²) in [5.41, 5.74) is 1.90. The first-order valence-electron chi connectivity index (χ1n) is 6.37. The highest BCUT2D eigenvalue weighted by molar-refractivity contribution is 5.35. The van der Waals surface area contributed by atoms with Crippen LogP contribution in [0.25, 0.3) is 0 Å². The third-order valence-corrected chi connectivity index (χ3v) is 3.13. The summed E-state index contributed by atoms with van der Waals surface area (Å²) in [7, 11) is 0. The SMILES string of the molecule is CCNC(c1ccccc1)c1cc(C)c(F)cc1F. The van der Waals surface area contributed by atoms with Gasteiger partial charge in [0.2, 0.25) is 0 Å². The van der Waals surface area contributed by atoms with Crippen molar-refractivity contribution in [3.05, 3.63) is 70.8 Å². The third-order valence-electron chi connectivity index (χ3n) is 3.13. The van der Waals surface area contributed by atoms with Crippen LogP contribution in [0.2, 0.25) is 0 Å². The lowest BCUT2D eigenvalue weighted by Gasteiger charge is -2.20. The molecule has 0 aromatic heterocycles. The van der Waals surface area contributed by atoms with Crippen molar-refractivity contribution >= 4 is 0 Å². The Morgan fingerprint density at radius 1 is 1.05 bits per heavy atom. The lowest BCUT2D eigenvalue weighted by atomic mass is 9.96. The highest BCUT2D eigenvalue weighted by Gasteiger charge is 2.18. The number of rotatable bonds is 4. The van der Waals surface area contributed by atoms with Crippen molar-refractivity contribution in [3.63, 3.8) is 0 Å². The number of nitrogens with one attached hydrogen (secondary N) is 1. The monoisotopic (exact) mass is 261 g/mol. The van der Waals surface area contributed by atoms with E-state index in [1.807, 2.05) is 37.3 Å². The minimum absolute atomic E-state index is 0.259. The standard InChI is InChI=1S/C16H17F2N/c1-3-19-16(12-7-5-4-6-8-12)13-9-11(2)14(17)10-15(13)18/h4-10,16,19H,3H2,1-2H3. The van der Waals surface area contributed by atoms with Gasteiger partial charge in [-0.25, -0.2) is 8.78 Å². The molecule has 1 nitrogen and oxygen atoms in total. The van der Waals surface area contributed by atoms with E-state index in [1.165, 1.54) is 0 Å². The Kier molecular flexibility index (Phi) is 4.27. The Labute approximate surface area is 112 Å². The Balaban J connectivity index is 2.48. The minimum Gasteiger partial charge on any atom is -0.306 e. The van der Waals surface area contributed by atoms with Crippen LogP contribution in [-0.2, 0) is 0 Å². The van der Waals surface area contributed by atoms with Gasteiger partial charge in [0.1, 0.15) is 11.6 Å². The van der Waals surface area contributed by atoms with E-state index in [0.717, 1.165) is 11.6 Å². The second-order valence-corrected chi connectivity index (χ2v) is 4.52. The van der Waals surface area contributed by atoms with Gasteiger partial charge in [0.15, 0.2) is 0 Å². The fourth-order valence-corrected chi connectivity index (χ4v) is 2.16. The number of halogens is 2. The van der Waals surface area contributed by atoms with Crippen LogP contribution in [0.15, 0.2) is 42.5 Å². The predicted octanol–water partition coefficient (Wildman–Crippen LogP) is 3.97. The summed E-state index contributed by atoms with van der Waals surface area (Å²) in [4.78, 5) is 0.